The second-order valence-electron chi connectivity index (χ2n) is 10.0. The van der Waals surface area contributed by atoms with Gasteiger partial charge in [-0.2, -0.15) is 0 Å². The highest BCUT2D eigenvalue weighted by atomic mass is 16.5. The maximum Gasteiger partial charge on any atom is 0.294 e. The summed E-state index contributed by atoms with van der Waals surface area (Å²) < 4.78 is 11.0. The minimum absolute atomic E-state index is 0.128. The molecule has 1 aliphatic heterocycles. The summed E-state index contributed by atoms with van der Waals surface area (Å²) >= 11 is 0. The minimum Gasteiger partial charge on any atom is -0.459 e. The lowest BCUT2D eigenvalue weighted by Crippen LogP contribution is -2.46. The SMILES string of the molecule is Cc1ccc(N(C(=O)c2ccco2)[C@@H](C(=O)NC2CCCC2)c2ccc(N3CCOCC3)cc2)cc1C. The molecule has 1 aromatic heterocycles. The number of hydrogen-bond acceptors (Lipinski definition) is 5. The normalized spacial score (nSPS) is 17.0. The van der Waals surface area contributed by atoms with E-state index in [1.165, 1.54) is 6.26 Å². The molecule has 1 N–H and O–H groups in total. The smallest absolute Gasteiger partial charge is 0.294 e. The molecule has 2 fully saturated rings. The number of anilines is 2. The first-order valence-corrected chi connectivity index (χ1v) is 13.2. The Kier molecular flexibility index (Phi) is 7.60. The van der Waals surface area contributed by atoms with Gasteiger partial charge in [0.05, 0.1) is 19.5 Å². The summed E-state index contributed by atoms with van der Waals surface area (Å²) in [6, 6.07) is 16.5. The maximum absolute atomic E-state index is 14.0. The summed E-state index contributed by atoms with van der Waals surface area (Å²) in [5.41, 5.74) is 4.67. The Hall–Kier alpha value is -3.58. The van der Waals surface area contributed by atoms with E-state index in [4.69, 9.17) is 9.15 Å². The molecule has 0 radical (unpaired) electrons. The lowest BCUT2D eigenvalue weighted by atomic mass is 10.00. The Bertz CT molecular complexity index is 1210. The third-order valence-corrected chi connectivity index (χ3v) is 7.51. The predicted octanol–water partition coefficient (Wildman–Crippen LogP) is 5.18. The first kappa shape index (κ1) is 25.1. The van der Waals surface area contributed by atoms with Crippen LogP contribution < -0.4 is 15.1 Å². The van der Waals surface area contributed by atoms with Gasteiger partial charge in [-0.15, -0.1) is 0 Å². The Balaban J connectivity index is 1.56. The van der Waals surface area contributed by atoms with Crippen LogP contribution in [0.15, 0.2) is 65.3 Å². The van der Waals surface area contributed by atoms with Crippen molar-refractivity contribution in [2.75, 3.05) is 36.1 Å². The van der Waals surface area contributed by atoms with Crippen molar-refractivity contribution in [1.29, 1.82) is 0 Å². The van der Waals surface area contributed by atoms with Gasteiger partial charge in [0.2, 0.25) is 5.91 Å². The summed E-state index contributed by atoms with van der Waals surface area (Å²) in [5, 5.41) is 3.24. The molecule has 2 heterocycles. The van der Waals surface area contributed by atoms with Gasteiger partial charge in [-0.05, 0) is 79.8 Å². The monoisotopic (exact) mass is 501 g/mol. The molecule has 0 bridgehead atoms. The Labute approximate surface area is 218 Å². The zero-order valence-corrected chi connectivity index (χ0v) is 21.6. The van der Waals surface area contributed by atoms with Crippen LogP contribution >= 0.6 is 0 Å². The van der Waals surface area contributed by atoms with E-state index < -0.39 is 6.04 Å². The molecule has 7 nitrogen and oxygen atoms in total. The van der Waals surface area contributed by atoms with Gasteiger partial charge < -0.3 is 19.4 Å². The van der Waals surface area contributed by atoms with E-state index in [2.05, 4.69) is 10.2 Å². The highest BCUT2D eigenvalue weighted by Gasteiger charge is 2.36. The fraction of sp³-hybridized carbons (Fsp3) is 0.400. The van der Waals surface area contributed by atoms with Crippen molar-refractivity contribution in [2.24, 2.45) is 0 Å². The lowest BCUT2D eigenvalue weighted by molar-refractivity contribution is -0.123. The van der Waals surface area contributed by atoms with Crippen molar-refractivity contribution in [3.8, 4) is 0 Å². The van der Waals surface area contributed by atoms with E-state index in [9.17, 15) is 9.59 Å². The molecule has 0 spiro atoms. The molecule has 2 aliphatic rings. The molecule has 1 aliphatic carbocycles. The number of nitrogens with one attached hydrogen (secondary N) is 1. The second-order valence-corrected chi connectivity index (χ2v) is 10.0. The Morgan fingerprint density at radius 3 is 2.35 bits per heavy atom. The van der Waals surface area contributed by atoms with Gasteiger partial charge in [-0.1, -0.05) is 31.0 Å². The molecule has 1 saturated carbocycles. The van der Waals surface area contributed by atoms with Crippen LogP contribution in [0.5, 0.6) is 0 Å². The molecule has 1 atom stereocenters. The number of furan rings is 1. The molecule has 2 aromatic carbocycles. The molecule has 1 saturated heterocycles. The third kappa shape index (κ3) is 5.57. The van der Waals surface area contributed by atoms with Gasteiger partial charge in [-0.25, -0.2) is 0 Å². The number of hydrogen-bond donors (Lipinski definition) is 1. The van der Waals surface area contributed by atoms with E-state index in [0.717, 1.165) is 61.2 Å². The number of benzene rings is 2. The molecule has 37 heavy (non-hydrogen) atoms. The quantitative estimate of drug-likeness (QED) is 0.483. The van der Waals surface area contributed by atoms with Crippen LogP contribution in [0.25, 0.3) is 0 Å². The zero-order chi connectivity index (χ0) is 25.8. The van der Waals surface area contributed by atoms with E-state index in [1.54, 1.807) is 17.0 Å². The van der Waals surface area contributed by atoms with Crippen LogP contribution in [0, 0.1) is 13.8 Å². The van der Waals surface area contributed by atoms with Crippen LogP contribution in [0.1, 0.15) is 59.0 Å². The van der Waals surface area contributed by atoms with Crippen LogP contribution in [0.4, 0.5) is 11.4 Å². The highest BCUT2D eigenvalue weighted by Crippen LogP contribution is 2.33. The van der Waals surface area contributed by atoms with Gasteiger partial charge in [0.1, 0.15) is 6.04 Å². The number of morpholine rings is 1. The Morgan fingerprint density at radius 1 is 0.973 bits per heavy atom. The highest BCUT2D eigenvalue weighted by molar-refractivity contribution is 6.08. The summed E-state index contributed by atoms with van der Waals surface area (Å²) in [7, 11) is 0. The van der Waals surface area contributed by atoms with E-state index in [1.807, 2.05) is 56.3 Å². The lowest BCUT2D eigenvalue weighted by Gasteiger charge is -2.33. The number of carbonyl (C=O) groups excluding carboxylic acids is 2. The summed E-state index contributed by atoms with van der Waals surface area (Å²) in [4.78, 5) is 31.7. The number of nitrogens with zero attached hydrogens (tertiary/aromatic N) is 2. The maximum atomic E-state index is 14.0. The molecule has 0 unspecified atom stereocenters. The third-order valence-electron chi connectivity index (χ3n) is 7.51. The molecule has 5 rings (SSSR count). The molecular weight excluding hydrogens is 466 g/mol. The van der Waals surface area contributed by atoms with Crippen LogP contribution in [0.2, 0.25) is 0 Å². The molecular formula is C30H35N3O4. The van der Waals surface area contributed by atoms with Gasteiger partial charge in [0.25, 0.3) is 5.91 Å². The van der Waals surface area contributed by atoms with Crippen LogP contribution in [0.3, 0.4) is 0 Å². The topological polar surface area (TPSA) is 75.0 Å². The molecule has 194 valence electrons. The predicted molar refractivity (Wildman–Crippen MR) is 144 cm³/mol. The van der Waals surface area contributed by atoms with Crippen molar-refractivity contribution >= 4 is 23.2 Å². The second kappa shape index (κ2) is 11.2. The van der Waals surface area contributed by atoms with E-state index >= 15 is 0 Å². The Morgan fingerprint density at radius 2 is 1.70 bits per heavy atom. The summed E-state index contributed by atoms with van der Waals surface area (Å²) in [6.45, 7) is 7.11. The molecule has 3 aromatic rings. The zero-order valence-electron chi connectivity index (χ0n) is 21.6. The van der Waals surface area contributed by atoms with Crippen molar-refractivity contribution in [1.82, 2.24) is 5.32 Å². The first-order chi connectivity index (χ1) is 18.0. The average Bonchev–Trinajstić information content (AvgIpc) is 3.64. The minimum atomic E-state index is -0.848. The van der Waals surface area contributed by atoms with E-state index in [0.29, 0.717) is 18.9 Å². The molecule has 7 heteroatoms. The standard InChI is InChI=1S/C30H35N3O4/c1-21-9-12-26(20-22(21)2)33(30(35)27-8-5-17-37-27)28(29(34)31-24-6-3-4-7-24)23-10-13-25(14-11-23)32-15-18-36-19-16-32/h5,8-14,17,20,24,28H,3-4,6-7,15-16,18-19H2,1-2H3,(H,31,34)/t28-/m1/s1. The number of amides is 2. The fourth-order valence-electron chi connectivity index (χ4n) is 5.23. The van der Waals surface area contributed by atoms with Crippen molar-refractivity contribution in [2.45, 2.75) is 51.6 Å². The number of carbonyl (C=O) groups is 2. The number of aryl methyl sites for hydroxylation is 2. The van der Waals surface area contributed by atoms with Gasteiger partial charge in [0.15, 0.2) is 5.76 Å². The van der Waals surface area contributed by atoms with Gasteiger partial charge >= 0.3 is 0 Å². The number of rotatable bonds is 7. The summed E-state index contributed by atoms with van der Waals surface area (Å²) in [6.07, 6.45) is 5.62. The van der Waals surface area contributed by atoms with Crippen LogP contribution in [-0.2, 0) is 9.53 Å². The van der Waals surface area contributed by atoms with E-state index in [-0.39, 0.29) is 23.6 Å². The van der Waals surface area contributed by atoms with Gasteiger partial charge in [0, 0.05) is 30.5 Å². The first-order valence-electron chi connectivity index (χ1n) is 13.2. The van der Waals surface area contributed by atoms with Crippen molar-refractivity contribution < 1.29 is 18.7 Å². The van der Waals surface area contributed by atoms with Crippen molar-refractivity contribution in [3.63, 3.8) is 0 Å². The van der Waals surface area contributed by atoms with Gasteiger partial charge in [-0.3, -0.25) is 14.5 Å². The number of ether oxygens (including phenoxy) is 1. The fourth-order valence-corrected chi connectivity index (χ4v) is 5.23. The van der Waals surface area contributed by atoms with Crippen LogP contribution in [-0.4, -0.2) is 44.2 Å². The van der Waals surface area contributed by atoms with Crippen molar-refractivity contribution in [3.05, 3.63) is 83.3 Å². The average molecular weight is 502 g/mol. The largest absolute Gasteiger partial charge is 0.459 e. The molecule has 2 amide bonds. The summed E-state index contributed by atoms with van der Waals surface area (Å²) in [5.74, 6) is -0.330.